The number of hydrogen-bond acceptors (Lipinski definition) is 5. The average molecular weight is 439 g/mol. The minimum atomic E-state index is -3.95. The SMILES string of the molecule is Cc1ccc([N+](=O)[O-])cc1NC(=O)CN(Cc1ccccc1)S(=O)(=O)c1ccccc1. The highest BCUT2D eigenvalue weighted by atomic mass is 32.2. The number of non-ortho nitro benzene ring substituents is 1. The molecule has 0 aliphatic heterocycles. The number of carbonyl (C=O) groups excluding carboxylic acids is 1. The van der Waals surface area contributed by atoms with Crippen LogP contribution in [0.4, 0.5) is 11.4 Å². The summed E-state index contributed by atoms with van der Waals surface area (Å²) in [5.74, 6) is -0.598. The third-order valence-electron chi connectivity index (χ3n) is 4.61. The van der Waals surface area contributed by atoms with E-state index in [1.807, 2.05) is 6.07 Å². The molecule has 160 valence electrons. The second kappa shape index (κ2) is 9.50. The Morgan fingerprint density at radius 3 is 2.23 bits per heavy atom. The van der Waals surface area contributed by atoms with Crippen LogP contribution < -0.4 is 5.32 Å². The molecule has 3 aromatic rings. The first-order valence-corrected chi connectivity index (χ1v) is 10.9. The van der Waals surface area contributed by atoms with Crippen LogP contribution >= 0.6 is 0 Å². The van der Waals surface area contributed by atoms with E-state index in [4.69, 9.17) is 0 Å². The van der Waals surface area contributed by atoms with Gasteiger partial charge in [0.15, 0.2) is 0 Å². The summed E-state index contributed by atoms with van der Waals surface area (Å²) in [5.41, 5.74) is 1.44. The zero-order valence-corrected chi connectivity index (χ0v) is 17.6. The van der Waals surface area contributed by atoms with Gasteiger partial charge < -0.3 is 5.32 Å². The molecule has 0 aromatic heterocycles. The third-order valence-corrected chi connectivity index (χ3v) is 6.41. The molecule has 31 heavy (non-hydrogen) atoms. The van der Waals surface area contributed by atoms with Crippen LogP contribution in [-0.4, -0.2) is 30.1 Å². The summed E-state index contributed by atoms with van der Waals surface area (Å²) >= 11 is 0. The largest absolute Gasteiger partial charge is 0.324 e. The Morgan fingerprint density at radius 2 is 1.61 bits per heavy atom. The molecule has 0 bridgehead atoms. The molecule has 1 N–H and O–H groups in total. The summed E-state index contributed by atoms with van der Waals surface area (Å²) in [6, 6.07) is 20.9. The zero-order valence-electron chi connectivity index (χ0n) is 16.8. The first-order valence-electron chi connectivity index (χ1n) is 9.41. The number of rotatable bonds is 8. The van der Waals surface area contributed by atoms with Crippen molar-refractivity contribution >= 4 is 27.3 Å². The van der Waals surface area contributed by atoms with E-state index in [-0.39, 0.29) is 22.8 Å². The Balaban J connectivity index is 1.87. The van der Waals surface area contributed by atoms with E-state index in [0.29, 0.717) is 5.56 Å². The number of aryl methyl sites for hydroxylation is 1. The maximum Gasteiger partial charge on any atom is 0.271 e. The highest BCUT2D eigenvalue weighted by molar-refractivity contribution is 7.89. The van der Waals surface area contributed by atoms with Crippen LogP contribution in [0, 0.1) is 17.0 Å². The van der Waals surface area contributed by atoms with Crippen molar-refractivity contribution in [3.8, 4) is 0 Å². The number of sulfonamides is 1. The van der Waals surface area contributed by atoms with E-state index in [2.05, 4.69) is 5.32 Å². The van der Waals surface area contributed by atoms with Gasteiger partial charge in [0.2, 0.25) is 15.9 Å². The lowest BCUT2D eigenvalue weighted by atomic mass is 10.2. The smallest absolute Gasteiger partial charge is 0.271 e. The van der Waals surface area contributed by atoms with Crippen molar-refractivity contribution in [2.24, 2.45) is 0 Å². The van der Waals surface area contributed by atoms with Crippen LogP contribution in [0.3, 0.4) is 0 Å². The molecule has 3 aromatic carbocycles. The number of anilines is 1. The van der Waals surface area contributed by atoms with Crippen LogP contribution in [-0.2, 0) is 21.4 Å². The Hall–Kier alpha value is -3.56. The molecule has 0 atom stereocenters. The summed E-state index contributed by atoms with van der Waals surface area (Å²) < 4.78 is 27.5. The van der Waals surface area contributed by atoms with Crippen molar-refractivity contribution < 1.29 is 18.1 Å². The molecule has 0 heterocycles. The summed E-state index contributed by atoms with van der Waals surface area (Å²) in [5, 5.41) is 13.6. The number of nitro benzene ring substituents is 1. The second-order valence-electron chi connectivity index (χ2n) is 6.88. The Labute approximate surface area is 180 Å². The standard InChI is InChI=1S/C22H21N3O5S/c1-17-12-13-19(25(27)28)14-21(17)23-22(26)16-24(15-18-8-4-2-5-9-18)31(29,30)20-10-6-3-7-11-20/h2-14H,15-16H2,1H3,(H,23,26). The van der Waals surface area contributed by atoms with Gasteiger partial charge in [0.25, 0.3) is 5.69 Å². The Morgan fingerprint density at radius 1 is 1.00 bits per heavy atom. The number of carbonyl (C=O) groups is 1. The molecule has 1 amide bonds. The molecule has 0 saturated heterocycles. The van der Waals surface area contributed by atoms with Crippen molar-refractivity contribution in [2.75, 3.05) is 11.9 Å². The fraction of sp³-hybridized carbons (Fsp3) is 0.136. The fourth-order valence-electron chi connectivity index (χ4n) is 2.96. The number of benzene rings is 3. The maximum absolute atomic E-state index is 13.2. The molecular formula is C22H21N3O5S. The van der Waals surface area contributed by atoms with Gasteiger partial charge in [-0.2, -0.15) is 4.31 Å². The molecule has 0 aliphatic rings. The van der Waals surface area contributed by atoms with Gasteiger partial charge in [-0.3, -0.25) is 14.9 Å². The minimum absolute atomic E-state index is 0.000588. The second-order valence-corrected chi connectivity index (χ2v) is 8.81. The van der Waals surface area contributed by atoms with E-state index in [9.17, 15) is 23.3 Å². The lowest BCUT2D eigenvalue weighted by Gasteiger charge is -2.22. The molecule has 0 unspecified atom stereocenters. The summed E-state index contributed by atoms with van der Waals surface area (Å²) in [6.45, 7) is 1.25. The van der Waals surface area contributed by atoms with Crippen molar-refractivity contribution in [1.29, 1.82) is 0 Å². The van der Waals surface area contributed by atoms with Crippen molar-refractivity contribution in [3.63, 3.8) is 0 Å². The van der Waals surface area contributed by atoms with Crippen molar-refractivity contribution in [2.45, 2.75) is 18.4 Å². The van der Waals surface area contributed by atoms with Gasteiger partial charge in [-0.25, -0.2) is 8.42 Å². The van der Waals surface area contributed by atoms with Crippen LogP contribution in [0.15, 0.2) is 83.8 Å². The van der Waals surface area contributed by atoms with E-state index >= 15 is 0 Å². The van der Waals surface area contributed by atoms with Gasteiger partial charge in [0.05, 0.1) is 22.1 Å². The molecular weight excluding hydrogens is 418 g/mol. The summed E-state index contributed by atoms with van der Waals surface area (Å²) in [4.78, 5) is 23.3. The minimum Gasteiger partial charge on any atom is -0.324 e. The predicted octanol–water partition coefficient (Wildman–Crippen LogP) is 3.73. The van der Waals surface area contributed by atoms with Crippen molar-refractivity contribution in [1.82, 2.24) is 4.31 Å². The molecule has 8 nitrogen and oxygen atoms in total. The van der Waals surface area contributed by atoms with Gasteiger partial charge in [-0.15, -0.1) is 0 Å². The highest BCUT2D eigenvalue weighted by Crippen LogP contribution is 2.23. The normalized spacial score (nSPS) is 11.3. The number of amides is 1. The summed E-state index contributed by atoms with van der Waals surface area (Å²) in [7, 11) is -3.95. The third kappa shape index (κ3) is 5.53. The predicted molar refractivity (Wildman–Crippen MR) is 117 cm³/mol. The monoisotopic (exact) mass is 439 g/mol. The average Bonchev–Trinajstić information content (AvgIpc) is 2.76. The number of nitrogens with zero attached hydrogens (tertiary/aromatic N) is 2. The van der Waals surface area contributed by atoms with Gasteiger partial charge in [0, 0.05) is 18.7 Å². The van der Waals surface area contributed by atoms with Gasteiger partial charge >= 0.3 is 0 Å². The van der Waals surface area contributed by atoms with Crippen LogP contribution in [0.2, 0.25) is 0 Å². The van der Waals surface area contributed by atoms with Crippen LogP contribution in [0.25, 0.3) is 0 Å². The molecule has 0 fully saturated rings. The topological polar surface area (TPSA) is 110 Å². The number of hydrogen-bond donors (Lipinski definition) is 1. The first-order chi connectivity index (χ1) is 14.8. The lowest BCUT2D eigenvalue weighted by Crippen LogP contribution is -2.37. The number of nitro groups is 1. The molecule has 0 aliphatic carbocycles. The van der Waals surface area contributed by atoms with Gasteiger partial charge in [-0.05, 0) is 30.2 Å². The van der Waals surface area contributed by atoms with Gasteiger partial charge in [-0.1, -0.05) is 54.6 Å². The molecule has 0 saturated carbocycles. The van der Waals surface area contributed by atoms with Crippen LogP contribution in [0.1, 0.15) is 11.1 Å². The lowest BCUT2D eigenvalue weighted by molar-refractivity contribution is -0.384. The number of nitrogens with one attached hydrogen (secondary N) is 1. The van der Waals surface area contributed by atoms with E-state index in [0.717, 1.165) is 9.87 Å². The maximum atomic E-state index is 13.2. The van der Waals surface area contributed by atoms with Crippen LogP contribution in [0.5, 0.6) is 0 Å². The zero-order chi connectivity index (χ0) is 22.4. The Kier molecular flexibility index (Phi) is 6.78. The van der Waals surface area contributed by atoms with E-state index < -0.39 is 27.4 Å². The molecule has 9 heteroatoms. The van der Waals surface area contributed by atoms with Gasteiger partial charge in [0.1, 0.15) is 0 Å². The summed E-state index contributed by atoms with van der Waals surface area (Å²) in [6.07, 6.45) is 0. The van der Waals surface area contributed by atoms with E-state index in [1.165, 1.54) is 30.3 Å². The first kappa shape index (κ1) is 22.1. The molecule has 0 radical (unpaired) electrons. The fourth-order valence-corrected chi connectivity index (χ4v) is 4.37. The highest BCUT2D eigenvalue weighted by Gasteiger charge is 2.27. The molecule has 3 rings (SSSR count). The molecule has 0 spiro atoms. The van der Waals surface area contributed by atoms with Crippen molar-refractivity contribution in [3.05, 3.63) is 100 Å². The quantitative estimate of drug-likeness (QED) is 0.425. The van der Waals surface area contributed by atoms with E-state index in [1.54, 1.807) is 49.4 Å². The Bertz CT molecular complexity index is 1180.